The third-order valence-electron chi connectivity index (χ3n) is 6.05. The molecule has 0 saturated heterocycles. The zero-order valence-corrected chi connectivity index (χ0v) is 22.6. The highest BCUT2D eigenvalue weighted by Gasteiger charge is 2.18. The maximum atomic E-state index is 13.5. The van der Waals surface area contributed by atoms with Crippen LogP contribution in [0.15, 0.2) is 70.2 Å². The lowest BCUT2D eigenvalue weighted by Crippen LogP contribution is -2.22. The van der Waals surface area contributed by atoms with Crippen LogP contribution in [0.3, 0.4) is 0 Å². The first-order valence-electron chi connectivity index (χ1n) is 12.5. The van der Waals surface area contributed by atoms with Gasteiger partial charge in [-0.15, -0.1) is 0 Å². The standard InChI is InChI=1S/C30H30ClN3O4/c1-5-8-27(35)37-17-21-16-32-19(4)28-23(21)15-24(29(36)34-26-10-7-6-9-25(26)31)30(38-28)33-22-13-11-20(12-14-22)18(2)3/h6-7,9-16,18H,5,8,17H2,1-4H3,(H,34,36). The largest absolute Gasteiger partial charge is 0.461 e. The maximum Gasteiger partial charge on any atom is 0.306 e. The number of fused-ring (bicyclic) bond motifs is 1. The van der Waals surface area contributed by atoms with Crippen molar-refractivity contribution in [1.82, 2.24) is 4.98 Å². The molecule has 0 aliphatic heterocycles. The van der Waals surface area contributed by atoms with Crippen molar-refractivity contribution >= 4 is 45.8 Å². The van der Waals surface area contributed by atoms with Crippen molar-refractivity contribution in [3.63, 3.8) is 0 Å². The first-order chi connectivity index (χ1) is 18.3. The molecule has 0 bridgehead atoms. The number of anilines is 1. The molecule has 0 saturated carbocycles. The van der Waals surface area contributed by atoms with Crippen molar-refractivity contribution in [2.45, 2.75) is 53.1 Å². The molecule has 0 radical (unpaired) electrons. The Bertz CT molecular complexity index is 1540. The summed E-state index contributed by atoms with van der Waals surface area (Å²) < 4.78 is 11.6. The minimum atomic E-state index is -0.440. The van der Waals surface area contributed by atoms with Crippen molar-refractivity contribution < 1.29 is 18.7 Å². The molecule has 1 N–H and O–H groups in total. The molecular formula is C30H30ClN3O4. The van der Waals surface area contributed by atoms with Crippen LogP contribution in [0.25, 0.3) is 11.0 Å². The Balaban J connectivity index is 1.85. The molecule has 2 heterocycles. The fourth-order valence-corrected chi connectivity index (χ4v) is 4.07. The fourth-order valence-electron chi connectivity index (χ4n) is 3.89. The number of ether oxygens (including phenoxy) is 1. The summed E-state index contributed by atoms with van der Waals surface area (Å²) in [5.74, 6) is -0.360. The zero-order valence-electron chi connectivity index (χ0n) is 21.9. The minimum absolute atomic E-state index is 0.0108. The summed E-state index contributed by atoms with van der Waals surface area (Å²) in [7, 11) is 0. The molecule has 8 heteroatoms. The molecule has 0 unspecified atom stereocenters. The molecule has 38 heavy (non-hydrogen) atoms. The monoisotopic (exact) mass is 531 g/mol. The van der Waals surface area contributed by atoms with E-state index >= 15 is 0 Å². The lowest BCUT2D eigenvalue weighted by Gasteiger charge is -2.12. The van der Waals surface area contributed by atoms with Crippen molar-refractivity contribution in [3.8, 4) is 0 Å². The lowest BCUT2D eigenvalue weighted by molar-refractivity contribution is -0.144. The van der Waals surface area contributed by atoms with Crippen molar-refractivity contribution in [1.29, 1.82) is 0 Å². The number of rotatable bonds is 8. The van der Waals surface area contributed by atoms with Crippen LogP contribution in [0.4, 0.5) is 11.4 Å². The van der Waals surface area contributed by atoms with E-state index in [4.69, 9.17) is 20.8 Å². The molecule has 2 aromatic heterocycles. The van der Waals surface area contributed by atoms with Gasteiger partial charge in [-0.3, -0.25) is 14.6 Å². The number of carbonyl (C=O) groups excluding carboxylic acids is 2. The third-order valence-corrected chi connectivity index (χ3v) is 6.38. The number of para-hydroxylation sites is 1. The van der Waals surface area contributed by atoms with Gasteiger partial charge in [-0.25, -0.2) is 4.99 Å². The molecule has 0 spiro atoms. The summed E-state index contributed by atoms with van der Waals surface area (Å²) in [4.78, 5) is 34.6. The third kappa shape index (κ3) is 6.29. The Morgan fingerprint density at radius 1 is 1.13 bits per heavy atom. The van der Waals surface area contributed by atoms with Crippen molar-refractivity contribution in [3.05, 3.63) is 93.8 Å². The number of carbonyl (C=O) groups is 2. The highest BCUT2D eigenvalue weighted by atomic mass is 35.5. The molecule has 0 fully saturated rings. The van der Waals surface area contributed by atoms with Gasteiger partial charge in [0.25, 0.3) is 5.91 Å². The van der Waals surface area contributed by atoms with Crippen LogP contribution in [0.1, 0.15) is 66.7 Å². The molecule has 4 rings (SSSR count). The van der Waals surface area contributed by atoms with Gasteiger partial charge in [0, 0.05) is 23.6 Å². The normalized spacial score (nSPS) is 11.7. The Labute approximate surface area is 226 Å². The number of pyridine rings is 1. The quantitative estimate of drug-likeness (QED) is 0.242. The van der Waals surface area contributed by atoms with Crippen molar-refractivity contribution in [2.24, 2.45) is 4.99 Å². The van der Waals surface area contributed by atoms with E-state index in [1.54, 1.807) is 36.5 Å². The highest BCUT2D eigenvalue weighted by molar-refractivity contribution is 6.33. The average Bonchev–Trinajstić information content (AvgIpc) is 2.90. The smallest absolute Gasteiger partial charge is 0.306 e. The topological polar surface area (TPSA) is 93.8 Å². The van der Waals surface area contributed by atoms with Crippen LogP contribution in [0, 0.1) is 6.92 Å². The van der Waals surface area contributed by atoms with Gasteiger partial charge < -0.3 is 14.5 Å². The molecule has 4 aromatic rings. The number of amides is 1. The van der Waals surface area contributed by atoms with E-state index < -0.39 is 5.91 Å². The van der Waals surface area contributed by atoms with E-state index in [1.165, 1.54) is 5.56 Å². The SMILES string of the molecule is CCCC(=O)OCc1cnc(C)c2oc(=Nc3ccc(C(C)C)cc3)c(C(=O)Nc3ccccc3Cl)cc12. The first kappa shape index (κ1) is 27.1. The summed E-state index contributed by atoms with van der Waals surface area (Å²) in [6.07, 6.45) is 2.64. The van der Waals surface area contributed by atoms with Crippen LogP contribution >= 0.6 is 11.6 Å². The molecule has 7 nitrogen and oxygen atoms in total. The summed E-state index contributed by atoms with van der Waals surface area (Å²) >= 11 is 6.28. The molecule has 196 valence electrons. The van der Waals surface area contributed by atoms with Crippen LogP contribution in [0.2, 0.25) is 5.02 Å². The number of nitrogens with one attached hydrogen (secondary N) is 1. The van der Waals surface area contributed by atoms with Crippen LogP contribution < -0.4 is 10.9 Å². The van der Waals surface area contributed by atoms with Crippen LogP contribution in [-0.2, 0) is 16.1 Å². The predicted molar refractivity (Wildman–Crippen MR) is 149 cm³/mol. The number of halogens is 1. The average molecular weight is 532 g/mol. The van der Waals surface area contributed by atoms with E-state index in [0.717, 1.165) is 0 Å². The van der Waals surface area contributed by atoms with E-state index in [9.17, 15) is 9.59 Å². The molecule has 0 aliphatic carbocycles. The van der Waals surface area contributed by atoms with Gasteiger partial charge in [0.2, 0.25) is 5.55 Å². The van der Waals surface area contributed by atoms with Gasteiger partial charge in [0.1, 0.15) is 12.2 Å². The maximum absolute atomic E-state index is 13.5. The Hall–Kier alpha value is -3.97. The van der Waals surface area contributed by atoms with Gasteiger partial charge in [-0.1, -0.05) is 56.6 Å². The Morgan fingerprint density at radius 2 is 1.87 bits per heavy atom. The number of aryl methyl sites for hydroxylation is 1. The van der Waals surface area contributed by atoms with Crippen molar-refractivity contribution in [2.75, 3.05) is 5.32 Å². The molecule has 2 aromatic carbocycles. The second kappa shape index (κ2) is 12.0. The van der Waals surface area contributed by atoms with E-state index in [2.05, 4.69) is 29.1 Å². The van der Waals surface area contributed by atoms with Gasteiger partial charge in [-0.05, 0) is 55.2 Å². The summed E-state index contributed by atoms with van der Waals surface area (Å²) in [6.45, 7) is 7.97. The minimum Gasteiger partial charge on any atom is -0.461 e. The van der Waals surface area contributed by atoms with Crippen LogP contribution in [-0.4, -0.2) is 16.9 Å². The lowest BCUT2D eigenvalue weighted by atomic mass is 10.0. The van der Waals surface area contributed by atoms with Crippen LogP contribution in [0.5, 0.6) is 0 Å². The number of benzene rings is 2. The molecular weight excluding hydrogens is 502 g/mol. The first-order valence-corrected chi connectivity index (χ1v) is 12.9. The highest BCUT2D eigenvalue weighted by Crippen LogP contribution is 2.25. The summed E-state index contributed by atoms with van der Waals surface area (Å²) in [6, 6.07) is 16.5. The second-order valence-corrected chi connectivity index (χ2v) is 9.69. The number of hydrogen-bond acceptors (Lipinski definition) is 6. The summed E-state index contributed by atoms with van der Waals surface area (Å²) in [5, 5.41) is 3.87. The van der Waals surface area contributed by atoms with Gasteiger partial charge in [0.05, 0.1) is 22.1 Å². The number of hydrogen-bond donors (Lipinski definition) is 1. The Kier molecular flexibility index (Phi) is 8.59. The second-order valence-electron chi connectivity index (χ2n) is 9.28. The van der Waals surface area contributed by atoms with Gasteiger partial charge in [-0.2, -0.15) is 0 Å². The fraction of sp³-hybridized carbons (Fsp3) is 0.267. The number of nitrogens with zero attached hydrogens (tertiary/aromatic N) is 2. The molecule has 0 aliphatic rings. The summed E-state index contributed by atoms with van der Waals surface area (Å²) in [5.41, 5.74) is 4.32. The van der Waals surface area contributed by atoms with E-state index in [1.807, 2.05) is 38.1 Å². The molecule has 1 amide bonds. The zero-order chi connectivity index (χ0) is 27.2. The molecule has 0 atom stereocenters. The number of aromatic nitrogens is 1. The van der Waals surface area contributed by atoms with E-state index in [-0.39, 0.29) is 23.7 Å². The van der Waals surface area contributed by atoms with Gasteiger partial charge >= 0.3 is 5.97 Å². The van der Waals surface area contributed by atoms with E-state index in [0.29, 0.717) is 57.4 Å². The number of esters is 1. The Morgan fingerprint density at radius 3 is 2.55 bits per heavy atom. The van der Waals surface area contributed by atoms with Gasteiger partial charge in [0.15, 0.2) is 5.58 Å². The predicted octanol–water partition coefficient (Wildman–Crippen LogP) is 7.24.